The summed E-state index contributed by atoms with van der Waals surface area (Å²) >= 11 is 0. The van der Waals surface area contributed by atoms with Crippen molar-refractivity contribution in [3.8, 4) is 5.75 Å². The standard InChI is InChI=1S/C25H31NO3.ClH/c1-19(15-25(27)28)26-18-21-10-11-23-17-24(13-12-22(23)16-21)29-14-6-5-9-20-7-3-2-4-8-20;/h2-4,7-8,12-13,16-17,19,26H,5-6,9-11,14-15,18H2,1H3,(H,27,28);1H. The lowest BCUT2D eigenvalue weighted by molar-refractivity contribution is -0.137. The molecule has 1 atom stereocenters. The molecule has 0 saturated carbocycles. The van der Waals surface area contributed by atoms with Gasteiger partial charge in [-0.25, -0.2) is 0 Å². The second-order valence-corrected chi connectivity index (χ2v) is 7.83. The van der Waals surface area contributed by atoms with E-state index in [-0.39, 0.29) is 24.9 Å². The summed E-state index contributed by atoms with van der Waals surface area (Å²) in [6.07, 6.45) is 7.66. The van der Waals surface area contributed by atoms with Gasteiger partial charge in [-0.2, -0.15) is 0 Å². The number of rotatable bonds is 11. The van der Waals surface area contributed by atoms with E-state index in [1.54, 1.807) is 0 Å². The minimum atomic E-state index is -0.763. The highest BCUT2D eigenvalue weighted by Crippen LogP contribution is 2.27. The number of carboxylic acid groups (broad SMARTS) is 1. The fourth-order valence-electron chi connectivity index (χ4n) is 3.66. The van der Waals surface area contributed by atoms with Gasteiger partial charge in [0.25, 0.3) is 0 Å². The molecule has 0 aromatic heterocycles. The molecule has 0 radical (unpaired) electrons. The van der Waals surface area contributed by atoms with Crippen LogP contribution in [0.2, 0.25) is 0 Å². The molecule has 0 saturated heterocycles. The van der Waals surface area contributed by atoms with Crippen LogP contribution in [0.3, 0.4) is 0 Å². The second kappa shape index (κ2) is 12.4. The van der Waals surface area contributed by atoms with Gasteiger partial charge in [-0.05, 0) is 67.9 Å². The number of benzene rings is 2. The van der Waals surface area contributed by atoms with Crippen LogP contribution in [0.1, 0.15) is 49.3 Å². The highest BCUT2D eigenvalue weighted by molar-refractivity contribution is 5.85. The maximum absolute atomic E-state index is 10.8. The summed E-state index contributed by atoms with van der Waals surface area (Å²) in [6, 6.07) is 16.9. The van der Waals surface area contributed by atoms with Crippen molar-refractivity contribution in [3.63, 3.8) is 0 Å². The van der Waals surface area contributed by atoms with Gasteiger partial charge in [-0.1, -0.05) is 48.0 Å². The van der Waals surface area contributed by atoms with Crippen LogP contribution >= 0.6 is 12.4 Å². The van der Waals surface area contributed by atoms with Crippen LogP contribution < -0.4 is 10.1 Å². The number of unbranched alkanes of at least 4 members (excludes halogenated alkanes) is 1. The molecule has 5 heteroatoms. The molecule has 4 nitrogen and oxygen atoms in total. The van der Waals surface area contributed by atoms with Gasteiger partial charge in [-0.3, -0.25) is 4.79 Å². The molecule has 30 heavy (non-hydrogen) atoms. The highest BCUT2D eigenvalue weighted by atomic mass is 35.5. The Hall–Kier alpha value is -2.30. The van der Waals surface area contributed by atoms with E-state index in [9.17, 15) is 4.79 Å². The lowest BCUT2D eigenvalue weighted by Crippen LogP contribution is -2.30. The molecule has 0 heterocycles. The molecule has 0 amide bonds. The molecule has 2 N–H and O–H groups in total. The summed E-state index contributed by atoms with van der Waals surface area (Å²) in [4.78, 5) is 10.8. The number of aliphatic carboxylic acids is 1. The Kier molecular flexibility index (Phi) is 9.92. The topological polar surface area (TPSA) is 58.6 Å². The zero-order valence-corrected chi connectivity index (χ0v) is 18.4. The van der Waals surface area contributed by atoms with Crippen molar-refractivity contribution in [2.45, 2.75) is 51.5 Å². The van der Waals surface area contributed by atoms with Crippen molar-refractivity contribution in [3.05, 3.63) is 70.8 Å². The first-order valence-electron chi connectivity index (χ1n) is 10.5. The van der Waals surface area contributed by atoms with Gasteiger partial charge in [0.15, 0.2) is 0 Å². The summed E-state index contributed by atoms with van der Waals surface area (Å²) in [5, 5.41) is 12.2. The highest BCUT2D eigenvalue weighted by Gasteiger charge is 2.13. The predicted molar refractivity (Wildman–Crippen MR) is 125 cm³/mol. The van der Waals surface area contributed by atoms with E-state index in [2.05, 4.69) is 59.9 Å². The molecule has 2 aromatic rings. The van der Waals surface area contributed by atoms with Crippen molar-refractivity contribution < 1.29 is 14.6 Å². The van der Waals surface area contributed by atoms with Crippen LogP contribution in [-0.4, -0.2) is 30.3 Å². The molecule has 0 spiro atoms. The molecule has 1 unspecified atom stereocenters. The molecule has 1 aliphatic rings. The van der Waals surface area contributed by atoms with Gasteiger partial charge >= 0.3 is 5.97 Å². The molecule has 162 valence electrons. The average molecular weight is 430 g/mol. The summed E-state index contributed by atoms with van der Waals surface area (Å²) < 4.78 is 5.96. The van der Waals surface area contributed by atoms with Gasteiger partial charge in [0.05, 0.1) is 13.0 Å². The van der Waals surface area contributed by atoms with Crippen LogP contribution in [-0.2, 0) is 17.6 Å². The first kappa shape index (κ1) is 24.0. The number of aryl methyl sites for hydroxylation is 2. The van der Waals surface area contributed by atoms with Crippen LogP contribution in [0.15, 0.2) is 54.1 Å². The smallest absolute Gasteiger partial charge is 0.304 e. The SMILES string of the molecule is CC(CC(=O)O)NCC1=Cc2ccc(OCCCCc3ccccc3)cc2CC1.Cl. The van der Waals surface area contributed by atoms with Crippen molar-refractivity contribution in [2.24, 2.45) is 0 Å². The van der Waals surface area contributed by atoms with Crippen molar-refractivity contribution in [1.29, 1.82) is 0 Å². The molecule has 3 rings (SSSR count). The van der Waals surface area contributed by atoms with E-state index in [1.807, 2.05) is 6.92 Å². The third-order valence-corrected chi connectivity index (χ3v) is 5.32. The lowest BCUT2D eigenvalue weighted by atomic mass is 9.92. The Morgan fingerprint density at radius 3 is 2.70 bits per heavy atom. The van der Waals surface area contributed by atoms with E-state index < -0.39 is 5.97 Å². The minimum Gasteiger partial charge on any atom is -0.494 e. The number of fused-ring (bicyclic) bond motifs is 1. The Bertz CT molecular complexity index is 836. The Morgan fingerprint density at radius 1 is 1.13 bits per heavy atom. The van der Waals surface area contributed by atoms with E-state index >= 15 is 0 Å². The van der Waals surface area contributed by atoms with Gasteiger partial charge in [0.2, 0.25) is 0 Å². The molecular weight excluding hydrogens is 398 g/mol. The second-order valence-electron chi connectivity index (χ2n) is 7.83. The van der Waals surface area contributed by atoms with Gasteiger partial charge < -0.3 is 15.2 Å². The number of halogens is 1. The maximum atomic E-state index is 10.8. The maximum Gasteiger partial charge on any atom is 0.304 e. The fourth-order valence-corrected chi connectivity index (χ4v) is 3.66. The normalized spacial score (nSPS) is 13.6. The molecule has 0 aliphatic heterocycles. The molecule has 1 aliphatic carbocycles. The lowest BCUT2D eigenvalue weighted by Gasteiger charge is -2.19. The van der Waals surface area contributed by atoms with E-state index in [0.717, 1.165) is 51.0 Å². The van der Waals surface area contributed by atoms with Crippen molar-refractivity contribution in [1.82, 2.24) is 5.32 Å². The van der Waals surface area contributed by atoms with Gasteiger partial charge in [-0.15, -0.1) is 12.4 Å². The Labute approximate surface area is 185 Å². The number of hydrogen-bond acceptors (Lipinski definition) is 3. The van der Waals surface area contributed by atoms with Gasteiger partial charge in [0.1, 0.15) is 5.75 Å². The summed E-state index contributed by atoms with van der Waals surface area (Å²) in [6.45, 7) is 3.40. The zero-order valence-electron chi connectivity index (χ0n) is 17.6. The number of carboxylic acids is 1. The quantitative estimate of drug-likeness (QED) is 0.476. The molecule has 0 fully saturated rings. The number of hydrogen-bond donors (Lipinski definition) is 2. The monoisotopic (exact) mass is 429 g/mol. The van der Waals surface area contributed by atoms with E-state index in [1.165, 1.54) is 22.3 Å². The Morgan fingerprint density at radius 2 is 1.93 bits per heavy atom. The van der Waals surface area contributed by atoms with Crippen LogP contribution in [0.5, 0.6) is 5.75 Å². The van der Waals surface area contributed by atoms with Crippen LogP contribution in [0.4, 0.5) is 0 Å². The van der Waals surface area contributed by atoms with E-state index in [0.29, 0.717) is 0 Å². The van der Waals surface area contributed by atoms with Gasteiger partial charge in [0, 0.05) is 12.6 Å². The van der Waals surface area contributed by atoms with Crippen LogP contribution in [0, 0.1) is 0 Å². The first-order valence-corrected chi connectivity index (χ1v) is 10.5. The summed E-state index contributed by atoms with van der Waals surface area (Å²) in [7, 11) is 0. The number of ether oxygens (including phenoxy) is 1. The largest absolute Gasteiger partial charge is 0.494 e. The number of nitrogens with one attached hydrogen (secondary N) is 1. The third-order valence-electron chi connectivity index (χ3n) is 5.32. The van der Waals surface area contributed by atoms with Crippen molar-refractivity contribution >= 4 is 24.5 Å². The predicted octanol–water partition coefficient (Wildman–Crippen LogP) is 5.29. The molecular formula is C25H32ClNO3. The van der Waals surface area contributed by atoms with Crippen molar-refractivity contribution in [2.75, 3.05) is 13.2 Å². The average Bonchev–Trinajstić information content (AvgIpc) is 2.72. The summed E-state index contributed by atoms with van der Waals surface area (Å²) in [5.41, 5.74) is 5.28. The van der Waals surface area contributed by atoms with E-state index in [4.69, 9.17) is 9.84 Å². The minimum absolute atomic E-state index is 0. The zero-order chi connectivity index (χ0) is 20.5. The van der Waals surface area contributed by atoms with Crippen LogP contribution in [0.25, 0.3) is 6.08 Å². The fraction of sp³-hybridized carbons (Fsp3) is 0.400. The first-order chi connectivity index (χ1) is 14.1. The Balaban J connectivity index is 0.00000320. The molecule has 2 aromatic carbocycles. The number of carbonyl (C=O) groups is 1. The molecule has 0 bridgehead atoms. The summed E-state index contributed by atoms with van der Waals surface area (Å²) in [5.74, 6) is 0.189. The third kappa shape index (κ3) is 7.85.